The highest BCUT2D eigenvalue weighted by molar-refractivity contribution is 7.20. The Labute approximate surface area is 133 Å². The minimum absolute atomic E-state index is 0.0845. The van der Waals surface area contributed by atoms with Gasteiger partial charge in [-0.25, -0.2) is 0 Å². The fourth-order valence-electron chi connectivity index (χ4n) is 3.06. The van der Waals surface area contributed by atoms with Gasteiger partial charge in [-0.1, -0.05) is 18.2 Å². The molecule has 1 aromatic carbocycles. The Morgan fingerprint density at radius 1 is 1.32 bits per heavy atom. The molecule has 1 fully saturated rings. The molecule has 0 saturated carbocycles. The van der Waals surface area contributed by atoms with Gasteiger partial charge in [0.25, 0.3) is 5.91 Å². The Kier molecular flexibility index (Phi) is 4.43. The summed E-state index contributed by atoms with van der Waals surface area (Å²) in [5, 5.41) is 9.91. The summed E-state index contributed by atoms with van der Waals surface area (Å²) in [6, 6.07) is 9.97. The van der Waals surface area contributed by atoms with Crippen molar-refractivity contribution in [1.82, 2.24) is 4.90 Å². The molecule has 1 N–H and O–H groups in total. The van der Waals surface area contributed by atoms with Crippen LogP contribution in [0.3, 0.4) is 0 Å². The number of hydrogen-bond donors (Lipinski definition) is 1. The van der Waals surface area contributed by atoms with E-state index in [1.54, 1.807) is 0 Å². The first-order chi connectivity index (χ1) is 10.6. The topological polar surface area (TPSA) is 57.6 Å². The van der Waals surface area contributed by atoms with Crippen LogP contribution in [0.4, 0.5) is 0 Å². The number of amides is 1. The lowest BCUT2D eigenvalue weighted by molar-refractivity contribution is -0.137. The van der Waals surface area contributed by atoms with E-state index in [2.05, 4.69) is 0 Å². The van der Waals surface area contributed by atoms with Gasteiger partial charge in [-0.2, -0.15) is 0 Å². The maximum absolute atomic E-state index is 12.7. The molecule has 1 aliphatic heterocycles. The van der Waals surface area contributed by atoms with E-state index in [0.29, 0.717) is 18.9 Å². The molecule has 22 heavy (non-hydrogen) atoms. The van der Waals surface area contributed by atoms with E-state index >= 15 is 0 Å². The van der Waals surface area contributed by atoms with E-state index in [1.165, 1.54) is 11.3 Å². The summed E-state index contributed by atoms with van der Waals surface area (Å²) in [7, 11) is 0. The first kappa shape index (κ1) is 15.0. The normalized spacial score (nSPS) is 18.5. The number of piperidine rings is 1. The number of carbonyl (C=O) groups excluding carboxylic acids is 1. The second kappa shape index (κ2) is 6.48. The lowest BCUT2D eigenvalue weighted by Gasteiger charge is -2.32. The van der Waals surface area contributed by atoms with Crippen LogP contribution in [-0.2, 0) is 4.79 Å². The van der Waals surface area contributed by atoms with Crippen molar-refractivity contribution < 1.29 is 14.7 Å². The Balaban J connectivity index is 1.69. The van der Waals surface area contributed by atoms with Gasteiger partial charge < -0.3 is 10.0 Å². The summed E-state index contributed by atoms with van der Waals surface area (Å²) in [5.74, 6) is -0.364. The number of carboxylic acids is 1. The van der Waals surface area contributed by atoms with Crippen LogP contribution in [0.1, 0.15) is 35.4 Å². The fourth-order valence-corrected chi connectivity index (χ4v) is 4.09. The molecular formula is C17H19NO3S. The Morgan fingerprint density at radius 3 is 2.91 bits per heavy atom. The van der Waals surface area contributed by atoms with Gasteiger partial charge in [0, 0.05) is 24.2 Å². The van der Waals surface area contributed by atoms with Gasteiger partial charge in [-0.3, -0.25) is 9.59 Å². The van der Waals surface area contributed by atoms with Crippen LogP contribution in [0, 0.1) is 5.92 Å². The molecule has 1 unspecified atom stereocenters. The Morgan fingerprint density at radius 2 is 2.14 bits per heavy atom. The standard InChI is InChI=1S/C17H19NO3S/c19-16(20)8-7-12-4-3-9-18(11-12)17(21)15-10-13-5-1-2-6-14(13)22-15/h1-2,5-6,10,12H,3-4,7-9,11H2,(H,19,20). The third-order valence-electron chi connectivity index (χ3n) is 4.21. The van der Waals surface area contributed by atoms with Gasteiger partial charge >= 0.3 is 5.97 Å². The second-order valence-corrected chi connectivity index (χ2v) is 6.92. The van der Waals surface area contributed by atoms with Crippen molar-refractivity contribution in [3.8, 4) is 0 Å². The number of thiophene rings is 1. The summed E-state index contributed by atoms with van der Waals surface area (Å²) in [4.78, 5) is 26.0. The van der Waals surface area contributed by atoms with Crippen LogP contribution in [0.15, 0.2) is 30.3 Å². The molecule has 2 heterocycles. The molecular weight excluding hydrogens is 298 g/mol. The summed E-state index contributed by atoms with van der Waals surface area (Å²) in [6.45, 7) is 1.46. The predicted molar refractivity (Wildman–Crippen MR) is 87.3 cm³/mol. The third kappa shape index (κ3) is 3.30. The first-order valence-electron chi connectivity index (χ1n) is 7.63. The van der Waals surface area contributed by atoms with Crippen molar-refractivity contribution in [3.63, 3.8) is 0 Å². The van der Waals surface area contributed by atoms with E-state index in [-0.39, 0.29) is 12.3 Å². The van der Waals surface area contributed by atoms with E-state index in [0.717, 1.165) is 34.3 Å². The molecule has 116 valence electrons. The zero-order valence-electron chi connectivity index (χ0n) is 12.3. The molecule has 3 rings (SSSR count). The second-order valence-electron chi connectivity index (χ2n) is 5.84. The Bertz CT molecular complexity index is 661. The molecule has 4 nitrogen and oxygen atoms in total. The quantitative estimate of drug-likeness (QED) is 0.937. The highest BCUT2D eigenvalue weighted by Gasteiger charge is 2.25. The lowest BCUT2D eigenvalue weighted by atomic mass is 9.93. The zero-order valence-corrected chi connectivity index (χ0v) is 13.1. The van der Waals surface area contributed by atoms with Gasteiger partial charge in [0.2, 0.25) is 0 Å². The number of benzene rings is 1. The molecule has 0 spiro atoms. The van der Waals surface area contributed by atoms with Crippen molar-refractivity contribution in [2.24, 2.45) is 5.92 Å². The fraction of sp³-hybridized carbons (Fsp3) is 0.412. The minimum Gasteiger partial charge on any atom is -0.481 e. The number of rotatable bonds is 4. The summed E-state index contributed by atoms with van der Waals surface area (Å²) >= 11 is 1.53. The number of aliphatic carboxylic acids is 1. The van der Waals surface area contributed by atoms with Crippen LogP contribution in [-0.4, -0.2) is 35.0 Å². The van der Waals surface area contributed by atoms with Crippen LogP contribution in [0.2, 0.25) is 0 Å². The largest absolute Gasteiger partial charge is 0.481 e. The van der Waals surface area contributed by atoms with Crippen molar-refractivity contribution in [2.75, 3.05) is 13.1 Å². The summed E-state index contributed by atoms with van der Waals surface area (Å²) in [6.07, 6.45) is 2.82. The van der Waals surface area contributed by atoms with Gasteiger partial charge in [-0.05, 0) is 42.7 Å². The lowest BCUT2D eigenvalue weighted by Crippen LogP contribution is -2.39. The monoisotopic (exact) mass is 317 g/mol. The SMILES string of the molecule is O=C(O)CCC1CCCN(C(=O)c2cc3ccccc3s2)C1. The summed E-state index contributed by atoms with van der Waals surface area (Å²) in [5.41, 5.74) is 0. The van der Waals surface area contributed by atoms with Gasteiger partial charge in [0.15, 0.2) is 0 Å². The summed E-state index contributed by atoms with van der Waals surface area (Å²) < 4.78 is 1.13. The number of likely N-dealkylation sites (tertiary alicyclic amines) is 1. The number of hydrogen-bond acceptors (Lipinski definition) is 3. The molecule has 0 aliphatic carbocycles. The molecule has 0 bridgehead atoms. The van der Waals surface area contributed by atoms with E-state index in [1.807, 2.05) is 35.2 Å². The van der Waals surface area contributed by atoms with Crippen molar-refractivity contribution in [1.29, 1.82) is 0 Å². The highest BCUT2D eigenvalue weighted by atomic mass is 32.1. The molecule has 5 heteroatoms. The number of nitrogens with zero attached hydrogens (tertiary/aromatic N) is 1. The van der Waals surface area contributed by atoms with Gasteiger partial charge in [-0.15, -0.1) is 11.3 Å². The van der Waals surface area contributed by atoms with Crippen molar-refractivity contribution >= 4 is 33.3 Å². The number of fused-ring (bicyclic) bond motifs is 1. The molecule has 2 aromatic rings. The van der Waals surface area contributed by atoms with Crippen LogP contribution >= 0.6 is 11.3 Å². The molecule has 1 amide bonds. The van der Waals surface area contributed by atoms with Crippen LogP contribution in [0.5, 0.6) is 0 Å². The maximum atomic E-state index is 12.7. The third-order valence-corrected chi connectivity index (χ3v) is 5.31. The molecule has 1 saturated heterocycles. The van der Waals surface area contributed by atoms with Gasteiger partial charge in [0.1, 0.15) is 0 Å². The van der Waals surface area contributed by atoms with Gasteiger partial charge in [0.05, 0.1) is 4.88 Å². The number of carboxylic acid groups (broad SMARTS) is 1. The van der Waals surface area contributed by atoms with E-state index < -0.39 is 5.97 Å². The molecule has 1 atom stereocenters. The molecule has 1 aromatic heterocycles. The Hall–Kier alpha value is -1.88. The number of carbonyl (C=O) groups is 2. The molecule has 1 aliphatic rings. The minimum atomic E-state index is -0.757. The molecule has 0 radical (unpaired) electrons. The zero-order chi connectivity index (χ0) is 15.5. The van der Waals surface area contributed by atoms with Crippen LogP contribution < -0.4 is 0 Å². The van der Waals surface area contributed by atoms with Crippen molar-refractivity contribution in [2.45, 2.75) is 25.7 Å². The average Bonchev–Trinajstić information content (AvgIpc) is 2.96. The van der Waals surface area contributed by atoms with E-state index in [4.69, 9.17) is 5.11 Å². The van der Waals surface area contributed by atoms with Crippen LogP contribution in [0.25, 0.3) is 10.1 Å². The maximum Gasteiger partial charge on any atom is 0.303 e. The van der Waals surface area contributed by atoms with E-state index in [9.17, 15) is 9.59 Å². The predicted octanol–water partition coefficient (Wildman–Crippen LogP) is 3.62. The smallest absolute Gasteiger partial charge is 0.303 e. The van der Waals surface area contributed by atoms with Crippen molar-refractivity contribution in [3.05, 3.63) is 35.2 Å². The highest BCUT2D eigenvalue weighted by Crippen LogP contribution is 2.28. The first-order valence-corrected chi connectivity index (χ1v) is 8.45. The average molecular weight is 317 g/mol.